The number of anilines is 1. The third-order valence-corrected chi connectivity index (χ3v) is 4.15. The highest BCUT2D eigenvalue weighted by atomic mass is 19.1. The number of rotatable bonds is 3. The largest absolute Gasteiger partial charge is 0.309 e. The molecule has 0 saturated heterocycles. The Morgan fingerprint density at radius 1 is 1.33 bits per heavy atom. The van der Waals surface area contributed by atoms with Crippen LogP contribution in [0, 0.1) is 18.8 Å². The van der Waals surface area contributed by atoms with E-state index in [4.69, 9.17) is 0 Å². The molecule has 3 aromatic rings. The second kappa shape index (κ2) is 5.36. The van der Waals surface area contributed by atoms with Crippen LogP contribution in [0.1, 0.15) is 12.0 Å². The van der Waals surface area contributed by atoms with Crippen LogP contribution in [0.3, 0.4) is 0 Å². The summed E-state index contributed by atoms with van der Waals surface area (Å²) >= 11 is 0. The van der Waals surface area contributed by atoms with Gasteiger partial charge in [0, 0.05) is 23.5 Å². The third-order valence-electron chi connectivity index (χ3n) is 4.15. The molecular formula is C17H14F2N4O. The number of alkyl halides is 1. The Morgan fingerprint density at radius 3 is 2.83 bits per heavy atom. The van der Waals surface area contributed by atoms with E-state index in [0.717, 1.165) is 5.56 Å². The Bertz CT molecular complexity index is 933. The van der Waals surface area contributed by atoms with Crippen LogP contribution in [0.5, 0.6) is 0 Å². The maximum absolute atomic E-state index is 14.0. The number of aryl methyl sites for hydroxylation is 1. The summed E-state index contributed by atoms with van der Waals surface area (Å²) in [5, 5.41) is 2.61. The second-order valence-corrected chi connectivity index (χ2v) is 5.95. The SMILES string of the molecule is Cc1ccnc(F)c1-c1ccc2nc(NC(=O)C3CC3F)cn2c1. The first-order valence-corrected chi connectivity index (χ1v) is 7.58. The van der Waals surface area contributed by atoms with Crippen molar-refractivity contribution in [3.05, 3.63) is 48.3 Å². The number of aromatic nitrogens is 3. The van der Waals surface area contributed by atoms with Gasteiger partial charge in [0.2, 0.25) is 11.9 Å². The van der Waals surface area contributed by atoms with E-state index in [-0.39, 0.29) is 12.3 Å². The molecule has 24 heavy (non-hydrogen) atoms. The van der Waals surface area contributed by atoms with Gasteiger partial charge in [-0.3, -0.25) is 4.79 Å². The number of hydrogen-bond donors (Lipinski definition) is 1. The topological polar surface area (TPSA) is 59.3 Å². The summed E-state index contributed by atoms with van der Waals surface area (Å²) in [6.07, 6.45) is 3.98. The molecule has 1 aliphatic carbocycles. The molecule has 2 atom stereocenters. The monoisotopic (exact) mass is 328 g/mol. The molecule has 5 nitrogen and oxygen atoms in total. The van der Waals surface area contributed by atoms with E-state index in [0.29, 0.717) is 22.6 Å². The van der Waals surface area contributed by atoms with Crippen LogP contribution in [-0.4, -0.2) is 26.4 Å². The van der Waals surface area contributed by atoms with Crippen LogP contribution in [0.4, 0.5) is 14.6 Å². The van der Waals surface area contributed by atoms with Crippen molar-refractivity contribution in [1.29, 1.82) is 0 Å². The fourth-order valence-electron chi connectivity index (χ4n) is 2.73. The smallest absolute Gasteiger partial charge is 0.231 e. The molecule has 0 radical (unpaired) electrons. The first-order valence-electron chi connectivity index (χ1n) is 7.58. The minimum atomic E-state index is -1.05. The molecule has 0 aliphatic heterocycles. The number of halogens is 2. The van der Waals surface area contributed by atoms with Gasteiger partial charge in [0.25, 0.3) is 0 Å². The van der Waals surface area contributed by atoms with E-state index in [9.17, 15) is 13.6 Å². The molecule has 4 rings (SSSR count). The van der Waals surface area contributed by atoms with Gasteiger partial charge in [0.05, 0.1) is 12.1 Å². The average molecular weight is 328 g/mol. The summed E-state index contributed by atoms with van der Waals surface area (Å²) in [6.45, 7) is 1.81. The molecule has 122 valence electrons. The molecule has 1 amide bonds. The minimum absolute atomic E-state index is 0.267. The van der Waals surface area contributed by atoms with E-state index < -0.39 is 18.0 Å². The van der Waals surface area contributed by atoms with Crippen LogP contribution in [0.2, 0.25) is 0 Å². The van der Waals surface area contributed by atoms with E-state index in [2.05, 4.69) is 15.3 Å². The quantitative estimate of drug-likeness (QED) is 0.752. The van der Waals surface area contributed by atoms with Gasteiger partial charge < -0.3 is 9.72 Å². The molecule has 3 aromatic heterocycles. The number of amides is 1. The van der Waals surface area contributed by atoms with Crippen molar-refractivity contribution in [2.75, 3.05) is 5.32 Å². The molecule has 0 aromatic carbocycles. The predicted octanol–water partition coefficient (Wildman–Crippen LogP) is 3.14. The molecule has 0 bridgehead atoms. The number of carbonyl (C=O) groups is 1. The lowest BCUT2D eigenvalue weighted by molar-refractivity contribution is -0.117. The first kappa shape index (κ1) is 14.7. The van der Waals surface area contributed by atoms with Crippen LogP contribution >= 0.6 is 0 Å². The van der Waals surface area contributed by atoms with Gasteiger partial charge in [-0.1, -0.05) is 0 Å². The van der Waals surface area contributed by atoms with Crippen molar-refractivity contribution in [2.24, 2.45) is 5.92 Å². The maximum atomic E-state index is 14.0. The van der Waals surface area contributed by atoms with Crippen LogP contribution in [0.25, 0.3) is 16.8 Å². The fraction of sp³-hybridized carbons (Fsp3) is 0.235. The van der Waals surface area contributed by atoms with E-state index >= 15 is 0 Å². The number of carbonyl (C=O) groups excluding carboxylic acids is 1. The van der Waals surface area contributed by atoms with Crippen LogP contribution < -0.4 is 5.32 Å². The lowest BCUT2D eigenvalue weighted by Crippen LogP contribution is -2.15. The van der Waals surface area contributed by atoms with Crippen molar-refractivity contribution in [1.82, 2.24) is 14.4 Å². The Morgan fingerprint density at radius 2 is 2.12 bits per heavy atom. The van der Waals surface area contributed by atoms with Crippen LogP contribution in [0.15, 0.2) is 36.8 Å². The molecule has 1 fully saturated rings. The standard InChI is InChI=1S/C17H14F2N4O/c1-9-4-5-20-16(19)15(9)10-2-3-14-21-13(8-23(14)7-10)22-17(24)11-6-12(11)18/h2-5,7-8,11-12H,6H2,1H3,(H,22,24). The second-order valence-electron chi connectivity index (χ2n) is 5.95. The molecule has 1 N–H and O–H groups in total. The molecule has 1 saturated carbocycles. The molecule has 7 heteroatoms. The zero-order chi connectivity index (χ0) is 16.8. The highest BCUT2D eigenvalue weighted by molar-refractivity contribution is 5.94. The zero-order valence-electron chi connectivity index (χ0n) is 12.8. The minimum Gasteiger partial charge on any atom is -0.309 e. The Labute approximate surface area is 136 Å². The first-order chi connectivity index (χ1) is 11.5. The predicted molar refractivity (Wildman–Crippen MR) is 84.8 cm³/mol. The van der Waals surface area contributed by atoms with Gasteiger partial charge in [-0.15, -0.1) is 0 Å². The molecule has 0 spiro atoms. The highest BCUT2D eigenvalue weighted by Crippen LogP contribution is 2.34. The van der Waals surface area contributed by atoms with Gasteiger partial charge >= 0.3 is 0 Å². The Hall–Kier alpha value is -2.83. The normalized spacial score (nSPS) is 19.5. The number of imidazole rings is 1. The van der Waals surface area contributed by atoms with E-state index in [1.165, 1.54) is 6.20 Å². The number of fused-ring (bicyclic) bond motifs is 1. The molecule has 3 heterocycles. The van der Waals surface area contributed by atoms with Gasteiger partial charge in [-0.25, -0.2) is 14.4 Å². The van der Waals surface area contributed by atoms with Gasteiger partial charge in [0.15, 0.2) is 5.82 Å². The van der Waals surface area contributed by atoms with Gasteiger partial charge in [0.1, 0.15) is 11.8 Å². The van der Waals surface area contributed by atoms with Gasteiger partial charge in [-0.2, -0.15) is 4.39 Å². The number of nitrogens with one attached hydrogen (secondary N) is 1. The van der Waals surface area contributed by atoms with Crippen molar-refractivity contribution in [3.8, 4) is 11.1 Å². The Kier molecular flexibility index (Phi) is 3.30. The van der Waals surface area contributed by atoms with Crippen molar-refractivity contribution >= 4 is 17.4 Å². The number of hydrogen-bond acceptors (Lipinski definition) is 3. The molecule has 2 unspecified atom stereocenters. The lowest BCUT2D eigenvalue weighted by atomic mass is 10.0. The maximum Gasteiger partial charge on any atom is 0.231 e. The molecular weight excluding hydrogens is 314 g/mol. The summed E-state index contributed by atoms with van der Waals surface area (Å²) in [6, 6.07) is 5.22. The van der Waals surface area contributed by atoms with Crippen molar-refractivity contribution < 1.29 is 13.6 Å². The van der Waals surface area contributed by atoms with E-state index in [1.807, 2.05) is 6.92 Å². The third kappa shape index (κ3) is 2.51. The lowest BCUT2D eigenvalue weighted by Gasteiger charge is -2.06. The number of nitrogens with zero attached hydrogens (tertiary/aromatic N) is 3. The van der Waals surface area contributed by atoms with Gasteiger partial charge in [-0.05, 0) is 37.1 Å². The van der Waals surface area contributed by atoms with Crippen LogP contribution in [-0.2, 0) is 4.79 Å². The van der Waals surface area contributed by atoms with Crippen molar-refractivity contribution in [2.45, 2.75) is 19.5 Å². The van der Waals surface area contributed by atoms with Crippen molar-refractivity contribution in [3.63, 3.8) is 0 Å². The highest BCUT2D eigenvalue weighted by Gasteiger charge is 2.43. The summed E-state index contributed by atoms with van der Waals surface area (Å²) in [5.74, 6) is -1.12. The fourth-order valence-corrected chi connectivity index (χ4v) is 2.73. The average Bonchev–Trinajstić information content (AvgIpc) is 3.13. The Balaban J connectivity index is 1.67. The molecule has 1 aliphatic rings. The zero-order valence-corrected chi connectivity index (χ0v) is 12.8. The van der Waals surface area contributed by atoms with E-state index in [1.54, 1.807) is 35.0 Å². The summed E-state index contributed by atoms with van der Waals surface area (Å²) in [4.78, 5) is 19.7. The summed E-state index contributed by atoms with van der Waals surface area (Å²) in [7, 11) is 0. The summed E-state index contributed by atoms with van der Waals surface area (Å²) < 4.78 is 28.6. The summed E-state index contributed by atoms with van der Waals surface area (Å²) in [5.41, 5.74) is 2.46. The number of pyridine rings is 2.